The van der Waals surface area contributed by atoms with Crippen LogP contribution >= 0.6 is 11.6 Å². The van der Waals surface area contributed by atoms with Crippen LogP contribution in [0.1, 0.15) is 51.0 Å². The molecule has 2 amide bonds. The number of sulfonamides is 1. The maximum absolute atomic E-state index is 13.4. The van der Waals surface area contributed by atoms with Crippen molar-refractivity contribution in [1.82, 2.24) is 10.2 Å². The number of hydrogen-bond acceptors (Lipinski definition) is 5. The molecule has 0 unspecified atom stereocenters. The van der Waals surface area contributed by atoms with Crippen LogP contribution in [0.15, 0.2) is 48.5 Å². The van der Waals surface area contributed by atoms with Gasteiger partial charge in [0.25, 0.3) is 0 Å². The molecule has 0 aliphatic heterocycles. The molecule has 0 spiro atoms. The summed E-state index contributed by atoms with van der Waals surface area (Å²) < 4.78 is 31.4. The number of nitrogens with one attached hydrogen (secondary N) is 1. The molecule has 0 aromatic heterocycles. The third-order valence-corrected chi connectivity index (χ3v) is 8.09. The third-order valence-electron chi connectivity index (χ3n) is 6.65. The number of halogens is 1. The van der Waals surface area contributed by atoms with Crippen molar-refractivity contribution >= 4 is 39.1 Å². The molecular weight excluding hydrogens is 514 g/mol. The number of carbonyl (C=O) groups excluding carboxylic acids is 2. The Hall–Kier alpha value is -2.78. The van der Waals surface area contributed by atoms with Crippen LogP contribution in [0.5, 0.6) is 5.75 Å². The SMILES string of the molecule is COc1ccc(N(CCCC(=O)N(Cc2ccc(Cl)cc2)[C@@H](C)C(=O)NC2CCCC2)S(C)(=O)=O)cc1. The van der Waals surface area contributed by atoms with E-state index in [0.717, 1.165) is 37.5 Å². The highest BCUT2D eigenvalue weighted by molar-refractivity contribution is 7.92. The molecule has 1 saturated carbocycles. The van der Waals surface area contributed by atoms with Crippen molar-refractivity contribution in [3.05, 3.63) is 59.1 Å². The molecule has 10 heteroatoms. The fraction of sp³-hybridized carbons (Fsp3) is 0.481. The number of nitrogens with zero attached hydrogens (tertiary/aromatic N) is 2. The van der Waals surface area contributed by atoms with Gasteiger partial charge in [-0.25, -0.2) is 8.42 Å². The zero-order valence-electron chi connectivity index (χ0n) is 21.7. The van der Waals surface area contributed by atoms with E-state index in [0.29, 0.717) is 22.9 Å². The fourth-order valence-corrected chi connectivity index (χ4v) is 5.60. The average molecular weight is 550 g/mol. The Labute approximate surface area is 225 Å². The summed E-state index contributed by atoms with van der Waals surface area (Å²) in [5.41, 5.74) is 1.35. The van der Waals surface area contributed by atoms with Crippen LogP contribution in [-0.4, -0.2) is 57.1 Å². The van der Waals surface area contributed by atoms with Gasteiger partial charge in [0.2, 0.25) is 21.8 Å². The fourth-order valence-electron chi connectivity index (χ4n) is 4.51. The standard InChI is InChI=1S/C27H36ClN3O5S/c1-20(27(33)29-23-7-4-5-8-23)30(19-21-10-12-22(28)13-11-21)26(32)9-6-18-31(37(3,34)35)24-14-16-25(36-2)17-15-24/h10-17,20,23H,4-9,18-19H2,1-3H3,(H,29,33)/t20-/m0/s1. The highest BCUT2D eigenvalue weighted by Gasteiger charge is 2.28. The molecule has 2 aromatic carbocycles. The number of benzene rings is 2. The van der Waals surface area contributed by atoms with E-state index >= 15 is 0 Å². The van der Waals surface area contributed by atoms with Crippen LogP contribution in [0.3, 0.4) is 0 Å². The van der Waals surface area contributed by atoms with Gasteiger partial charge in [-0.1, -0.05) is 36.6 Å². The lowest BCUT2D eigenvalue weighted by atomic mass is 10.1. The first-order valence-electron chi connectivity index (χ1n) is 12.5. The molecule has 1 aliphatic carbocycles. The minimum atomic E-state index is -3.56. The number of ether oxygens (including phenoxy) is 1. The third kappa shape index (κ3) is 8.36. The number of rotatable bonds is 12. The summed E-state index contributed by atoms with van der Waals surface area (Å²) in [4.78, 5) is 28.0. The van der Waals surface area contributed by atoms with Gasteiger partial charge in [-0.3, -0.25) is 13.9 Å². The predicted octanol–water partition coefficient (Wildman–Crippen LogP) is 4.37. The predicted molar refractivity (Wildman–Crippen MR) is 146 cm³/mol. The van der Waals surface area contributed by atoms with Gasteiger partial charge in [-0.15, -0.1) is 0 Å². The Balaban J connectivity index is 1.70. The number of carbonyl (C=O) groups is 2. The van der Waals surface area contributed by atoms with Gasteiger partial charge in [0.05, 0.1) is 19.1 Å². The van der Waals surface area contributed by atoms with Crippen LogP contribution in [0, 0.1) is 0 Å². The normalized spacial score (nSPS) is 14.7. The molecule has 0 heterocycles. The summed E-state index contributed by atoms with van der Waals surface area (Å²) >= 11 is 6.02. The van der Waals surface area contributed by atoms with E-state index in [-0.39, 0.29) is 37.4 Å². The Bertz CT molecular complexity index is 1150. The largest absolute Gasteiger partial charge is 0.497 e. The van der Waals surface area contributed by atoms with Gasteiger partial charge in [0.1, 0.15) is 11.8 Å². The van der Waals surface area contributed by atoms with Crippen molar-refractivity contribution in [2.45, 2.75) is 64.1 Å². The van der Waals surface area contributed by atoms with Crippen LogP contribution < -0.4 is 14.4 Å². The van der Waals surface area contributed by atoms with Crippen LogP contribution in [-0.2, 0) is 26.2 Å². The Morgan fingerprint density at radius 3 is 2.27 bits per heavy atom. The molecule has 202 valence electrons. The lowest BCUT2D eigenvalue weighted by molar-refractivity contribution is -0.141. The van der Waals surface area contributed by atoms with E-state index in [4.69, 9.17) is 16.3 Å². The van der Waals surface area contributed by atoms with Crippen molar-refractivity contribution < 1.29 is 22.7 Å². The first-order chi connectivity index (χ1) is 17.6. The molecule has 0 saturated heterocycles. The van der Waals surface area contributed by atoms with Crippen molar-refractivity contribution in [3.63, 3.8) is 0 Å². The summed E-state index contributed by atoms with van der Waals surface area (Å²) in [6, 6.07) is 13.4. The molecule has 1 fully saturated rings. The lowest BCUT2D eigenvalue weighted by Crippen LogP contribution is -2.49. The van der Waals surface area contributed by atoms with E-state index in [1.54, 1.807) is 55.3 Å². The molecule has 0 radical (unpaired) electrons. The van der Waals surface area contributed by atoms with E-state index < -0.39 is 16.1 Å². The summed E-state index contributed by atoms with van der Waals surface area (Å²) in [6.07, 6.45) is 5.63. The van der Waals surface area contributed by atoms with Gasteiger partial charge in [0, 0.05) is 30.6 Å². The smallest absolute Gasteiger partial charge is 0.242 e. The number of hydrogen-bond donors (Lipinski definition) is 1. The van der Waals surface area contributed by atoms with Gasteiger partial charge in [0.15, 0.2) is 0 Å². The summed E-state index contributed by atoms with van der Waals surface area (Å²) in [5, 5.41) is 3.67. The summed E-state index contributed by atoms with van der Waals surface area (Å²) in [7, 11) is -2.02. The minimum absolute atomic E-state index is 0.0941. The van der Waals surface area contributed by atoms with Gasteiger partial charge in [-0.2, -0.15) is 0 Å². The topological polar surface area (TPSA) is 96.0 Å². The molecule has 37 heavy (non-hydrogen) atoms. The zero-order valence-corrected chi connectivity index (χ0v) is 23.2. The average Bonchev–Trinajstić information content (AvgIpc) is 3.38. The van der Waals surface area contributed by atoms with Crippen molar-refractivity contribution in [1.29, 1.82) is 0 Å². The molecule has 8 nitrogen and oxygen atoms in total. The van der Waals surface area contributed by atoms with Crippen molar-refractivity contribution in [2.24, 2.45) is 0 Å². The highest BCUT2D eigenvalue weighted by atomic mass is 35.5. The monoisotopic (exact) mass is 549 g/mol. The molecule has 2 aromatic rings. The molecule has 3 rings (SSSR count). The number of methoxy groups -OCH3 is 1. The minimum Gasteiger partial charge on any atom is -0.497 e. The van der Waals surface area contributed by atoms with Crippen LogP contribution in [0.25, 0.3) is 0 Å². The first-order valence-corrected chi connectivity index (χ1v) is 14.8. The number of amides is 2. The van der Waals surface area contributed by atoms with Crippen LogP contribution in [0.2, 0.25) is 5.02 Å². The Morgan fingerprint density at radius 1 is 1.08 bits per heavy atom. The second kappa shape index (κ2) is 13.1. The quantitative estimate of drug-likeness (QED) is 0.424. The molecule has 0 bridgehead atoms. The van der Waals surface area contributed by atoms with Gasteiger partial charge >= 0.3 is 0 Å². The molecule has 1 aliphatic rings. The summed E-state index contributed by atoms with van der Waals surface area (Å²) in [5.74, 6) is 0.229. The van der Waals surface area contributed by atoms with Gasteiger partial charge < -0.3 is 15.0 Å². The maximum Gasteiger partial charge on any atom is 0.242 e. The van der Waals surface area contributed by atoms with Gasteiger partial charge in [-0.05, 0) is 68.1 Å². The van der Waals surface area contributed by atoms with Crippen LogP contribution in [0.4, 0.5) is 5.69 Å². The maximum atomic E-state index is 13.4. The molecule has 1 N–H and O–H groups in total. The van der Waals surface area contributed by atoms with E-state index in [9.17, 15) is 18.0 Å². The highest BCUT2D eigenvalue weighted by Crippen LogP contribution is 2.23. The molecule has 1 atom stereocenters. The second-order valence-electron chi connectivity index (χ2n) is 9.45. The zero-order chi connectivity index (χ0) is 27.0. The Morgan fingerprint density at radius 2 is 1.70 bits per heavy atom. The van der Waals surface area contributed by atoms with E-state index in [2.05, 4.69) is 5.32 Å². The first kappa shape index (κ1) is 28.8. The number of anilines is 1. The van der Waals surface area contributed by atoms with E-state index in [1.165, 1.54) is 4.31 Å². The van der Waals surface area contributed by atoms with Crippen molar-refractivity contribution in [2.75, 3.05) is 24.2 Å². The van der Waals surface area contributed by atoms with Crippen molar-refractivity contribution in [3.8, 4) is 5.75 Å². The lowest BCUT2D eigenvalue weighted by Gasteiger charge is -2.30. The van der Waals surface area contributed by atoms with E-state index in [1.807, 2.05) is 12.1 Å². The summed E-state index contributed by atoms with van der Waals surface area (Å²) in [6.45, 7) is 2.12. The molecular formula is C27H36ClN3O5S. The second-order valence-corrected chi connectivity index (χ2v) is 11.8. The Kier molecular flexibility index (Phi) is 10.2.